The Hall–Kier alpha value is -0.890. The van der Waals surface area contributed by atoms with Crippen LogP contribution in [0.2, 0.25) is 0 Å². The van der Waals surface area contributed by atoms with Gasteiger partial charge in [-0.25, -0.2) is 0 Å². The summed E-state index contributed by atoms with van der Waals surface area (Å²) >= 11 is 0. The van der Waals surface area contributed by atoms with E-state index in [9.17, 15) is 0 Å². The van der Waals surface area contributed by atoms with E-state index in [4.69, 9.17) is 0 Å². The van der Waals surface area contributed by atoms with E-state index >= 15 is 0 Å². The molecule has 2 heterocycles. The van der Waals surface area contributed by atoms with E-state index in [0.717, 1.165) is 12.5 Å². The number of nitrogens with zero attached hydrogens (tertiary/aromatic N) is 1. The van der Waals surface area contributed by atoms with E-state index in [1.54, 1.807) is 0 Å². The summed E-state index contributed by atoms with van der Waals surface area (Å²) in [5.74, 6) is 0. The van der Waals surface area contributed by atoms with Gasteiger partial charge in [0.2, 0.25) is 0 Å². The van der Waals surface area contributed by atoms with Crippen LogP contribution in [0.15, 0.2) is 24.4 Å². The van der Waals surface area contributed by atoms with Gasteiger partial charge in [-0.2, -0.15) is 0 Å². The van der Waals surface area contributed by atoms with Crippen LogP contribution in [-0.4, -0.2) is 17.6 Å². The number of aromatic nitrogens is 1. The zero-order valence-electron chi connectivity index (χ0n) is 7.95. The second-order valence-electron chi connectivity index (χ2n) is 3.81. The number of pyridine rings is 1. The summed E-state index contributed by atoms with van der Waals surface area (Å²) in [6, 6.07) is 6.96. The highest BCUT2D eigenvalue weighted by atomic mass is 14.9. The normalized spacial score (nSPS) is 22.9. The second-order valence-corrected chi connectivity index (χ2v) is 3.81. The Bertz CT molecular complexity index is 240. The highest BCUT2D eigenvalue weighted by Crippen LogP contribution is 2.06. The van der Waals surface area contributed by atoms with Crippen molar-refractivity contribution in [2.45, 2.75) is 31.7 Å². The van der Waals surface area contributed by atoms with E-state index in [1.807, 2.05) is 12.3 Å². The van der Waals surface area contributed by atoms with Crippen molar-refractivity contribution >= 4 is 0 Å². The standard InChI is InChI=1S/C11H16N2/c1-3-7-12-10(5-1)9-11-6-2-4-8-13-11/h1,3,5,7,11,13H,2,4,6,8-9H2/p+1/t11-/m0/s1. The third-order valence-electron chi connectivity index (χ3n) is 2.73. The molecule has 2 heteroatoms. The summed E-state index contributed by atoms with van der Waals surface area (Å²) in [4.78, 5) is 4.35. The van der Waals surface area contributed by atoms with Gasteiger partial charge in [0.05, 0.1) is 12.6 Å². The molecule has 1 aliphatic rings. The zero-order valence-corrected chi connectivity index (χ0v) is 7.95. The van der Waals surface area contributed by atoms with E-state index in [0.29, 0.717) is 0 Å². The molecule has 2 rings (SSSR count). The van der Waals surface area contributed by atoms with Crippen LogP contribution in [0.4, 0.5) is 0 Å². The van der Waals surface area contributed by atoms with Crippen molar-refractivity contribution in [3.8, 4) is 0 Å². The molecule has 0 unspecified atom stereocenters. The fourth-order valence-corrected chi connectivity index (χ4v) is 2.00. The SMILES string of the molecule is c1ccc(C[C@@H]2CCCC[NH2+]2)nc1. The van der Waals surface area contributed by atoms with Gasteiger partial charge in [0.15, 0.2) is 0 Å². The minimum absolute atomic E-state index is 0.781. The summed E-state index contributed by atoms with van der Waals surface area (Å²) in [6.45, 7) is 1.30. The number of quaternary nitrogens is 1. The molecule has 1 aromatic rings. The zero-order chi connectivity index (χ0) is 8.93. The quantitative estimate of drug-likeness (QED) is 0.709. The third kappa shape index (κ3) is 2.52. The molecule has 0 aromatic carbocycles. The average molecular weight is 177 g/mol. The van der Waals surface area contributed by atoms with Gasteiger partial charge in [0.25, 0.3) is 0 Å². The Balaban J connectivity index is 1.90. The number of rotatable bonds is 2. The monoisotopic (exact) mass is 177 g/mol. The van der Waals surface area contributed by atoms with Crippen molar-refractivity contribution in [3.63, 3.8) is 0 Å². The Morgan fingerprint density at radius 3 is 3.08 bits per heavy atom. The first-order chi connectivity index (χ1) is 6.45. The summed E-state index contributed by atoms with van der Waals surface area (Å²) in [6.07, 6.45) is 7.17. The number of hydrogen-bond donors (Lipinski definition) is 1. The van der Waals surface area contributed by atoms with Gasteiger partial charge in [-0.05, 0) is 31.4 Å². The molecular formula is C11H17N2+. The van der Waals surface area contributed by atoms with Crippen molar-refractivity contribution in [2.24, 2.45) is 0 Å². The molecule has 0 amide bonds. The molecule has 2 N–H and O–H groups in total. The summed E-state index contributed by atoms with van der Waals surface area (Å²) in [5.41, 5.74) is 1.24. The van der Waals surface area contributed by atoms with Gasteiger partial charge in [0.1, 0.15) is 0 Å². The highest BCUT2D eigenvalue weighted by Gasteiger charge is 2.16. The lowest BCUT2D eigenvalue weighted by Crippen LogP contribution is -2.91. The first-order valence-electron chi connectivity index (χ1n) is 5.18. The van der Waals surface area contributed by atoms with E-state index in [-0.39, 0.29) is 0 Å². The fraction of sp³-hybridized carbons (Fsp3) is 0.545. The van der Waals surface area contributed by atoms with Crippen LogP contribution in [0.3, 0.4) is 0 Å². The maximum Gasteiger partial charge on any atom is 0.0915 e. The molecule has 1 saturated heterocycles. The van der Waals surface area contributed by atoms with Gasteiger partial charge in [0, 0.05) is 18.3 Å². The lowest BCUT2D eigenvalue weighted by Gasteiger charge is -2.19. The Morgan fingerprint density at radius 1 is 1.38 bits per heavy atom. The highest BCUT2D eigenvalue weighted by molar-refractivity contribution is 5.04. The molecule has 1 fully saturated rings. The molecule has 0 aliphatic carbocycles. The number of piperidine rings is 1. The predicted octanol–water partition coefficient (Wildman–Crippen LogP) is 0.740. The van der Waals surface area contributed by atoms with Crippen molar-refractivity contribution in [3.05, 3.63) is 30.1 Å². The van der Waals surface area contributed by atoms with Gasteiger partial charge in [-0.1, -0.05) is 6.07 Å². The fourth-order valence-electron chi connectivity index (χ4n) is 2.00. The molecular weight excluding hydrogens is 160 g/mol. The van der Waals surface area contributed by atoms with Crippen molar-refractivity contribution in [1.82, 2.24) is 4.98 Å². The van der Waals surface area contributed by atoms with Crippen LogP contribution in [0.25, 0.3) is 0 Å². The smallest absolute Gasteiger partial charge is 0.0915 e. The lowest BCUT2D eigenvalue weighted by atomic mass is 10.0. The second kappa shape index (κ2) is 4.38. The molecule has 2 nitrogen and oxygen atoms in total. The molecule has 0 saturated carbocycles. The Kier molecular flexibility index (Phi) is 2.93. The van der Waals surface area contributed by atoms with Crippen LogP contribution >= 0.6 is 0 Å². The first-order valence-corrected chi connectivity index (χ1v) is 5.18. The van der Waals surface area contributed by atoms with Crippen LogP contribution in [0.1, 0.15) is 25.0 Å². The number of hydrogen-bond acceptors (Lipinski definition) is 1. The molecule has 1 aliphatic heterocycles. The first kappa shape index (κ1) is 8.70. The molecule has 1 atom stereocenters. The lowest BCUT2D eigenvalue weighted by molar-refractivity contribution is -0.697. The van der Waals surface area contributed by atoms with Crippen LogP contribution in [0, 0.1) is 0 Å². The van der Waals surface area contributed by atoms with Crippen molar-refractivity contribution < 1.29 is 5.32 Å². The van der Waals surface area contributed by atoms with Crippen LogP contribution in [0.5, 0.6) is 0 Å². The summed E-state index contributed by atoms with van der Waals surface area (Å²) in [7, 11) is 0. The maximum absolute atomic E-state index is 4.35. The predicted molar refractivity (Wildman–Crippen MR) is 52.4 cm³/mol. The molecule has 13 heavy (non-hydrogen) atoms. The van der Waals surface area contributed by atoms with Crippen molar-refractivity contribution in [1.29, 1.82) is 0 Å². The third-order valence-corrected chi connectivity index (χ3v) is 2.73. The van der Waals surface area contributed by atoms with E-state index < -0.39 is 0 Å². The molecule has 1 aromatic heterocycles. The average Bonchev–Trinajstić information content (AvgIpc) is 2.21. The van der Waals surface area contributed by atoms with Crippen LogP contribution < -0.4 is 5.32 Å². The van der Waals surface area contributed by atoms with E-state index in [2.05, 4.69) is 22.4 Å². The summed E-state index contributed by atoms with van der Waals surface area (Å²) < 4.78 is 0. The van der Waals surface area contributed by atoms with Crippen LogP contribution in [-0.2, 0) is 6.42 Å². The largest absolute Gasteiger partial charge is 0.343 e. The number of nitrogens with two attached hydrogens (primary N) is 1. The van der Waals surface area contributed by atoms with E-state index in [1.165, 1.54) is 31.5 Å². The summed E-state index contributed by atoms with van der Waals surface area (Å²) in [5, 5.41) is 2.47. The van der Waals surface area contributed by atoms with Gasteiger partial charge < -0.3 is 5.32 Å². The topological polar surface area (TPSA) is 29.5 Å². The maximum atomic E-state index is 4.35. The molecule has 0 spiro atoms. The van der Waals surface area contributed by atoms with Crippen molar-refractivity contribution in [2.75, 3.05) is 6.54 Å². The van der Waals surface area contributed by atoms with Gasteiger partial charge in [-0.3, -0.25) is 4.98 Å². The molecule has 0 radical (unpaired) electrons. The van der Waals surface area contributed by atoms with Gasteiger partial charge in [-0.15, -0.1) is 0 Å². The molecule has 70 valence electrons. The Morgan fingerprint density at radius 2 is 2.38 bits per heavy atom. The van der Waals surface area contributed by atoms with Gasteiger partial charge >= 0.3 is 0 Å². The molecule has 0 bridgehead atoms. The minimum Gasteiger partial charge on any atom is -0.343 e. The minimum atomic E-state index is 0.781. The Labute approximate surface area is 79.4 Å².